The molecule has 17 heavy (non-hydrogen) atoms. The molecule has 0 bridgehead atoms. The van der Waals surface area contributed by atoms with Gasteiger partial charge < -0.3 is 10.2 Å². The summed E-state index contributed by atoms with van der Waals surface area (Å²) in [7, 11) is 0. The van der Waals surface area contributed by atoms with E-state index in [1.165, 1.54) is 0 Å². The highest BCUT2D eigenvalue weighted by molar-refractivity contribution is 7.98. The van der Waals surface area contributed by atoms with Crippen LogP contribution < -0.4 is 17.0 Å². The van der Waals surface area contributed by atoms with E-state index in [0.717, 1.165) is 23.7 Å². The minimum atomic E-state index is -0.321. The molecule has 1 atom stereocenters. The highest BCUT2D eigenvalue weighted by atomic mass is 32.2. The number of nitrogen functional groups attached to an aromatic ring is 1. The Labute approximate surface area is 105 Å². The van der Waals surface area contributed by atoms with E-state index in [0.29, 0.717) is 11.3 Å². The number of furan rings is 1. The summed E-state index contributed by atoms with van der Waals surface area (Å²) in [4.78, 5) is 11.3. The van der Waals surface area contributed by atoms with Crippen molar-refractivity contribution in [2.45, 2.75) is 32.1 Å². The number of amides is 1. The van der Waals surface area contributed by atoms with Gasteiger partial charge in [0, 0.05) is 6.04 Å². The molecule has 5 N–H and O–H groups in total. The molecule has 0 aliphatic carbocycles. The highest BCUT2D eigenvalue weighted by Crippen LogP contribution is 2.20. The number of hydrogen-bond acceptors (Lipinski definition) is 5. The standard InChI is InChI=1S/C11H19N3O2S/c1-7(12)3-4-17-6-9-5-10(8(2)16-9)11(15)14-13/h5,7H,3-4,6,12-13H2,1-2H3,(H,14,15). The van der Waals surface area contributed by atoms with Gasteiger partial charge in [-0.25, -0.2) is 5.84 Å². The second kappa shape index (κ2) is 6.68. The first kappa shape index (κ1) is 14.1. The Morgan fingerprint density at radius 1 is 1.65 bits per heavy atom. The van der Waals surface area contributed by atoms with Crippen molar-refractivity contribution in [3.8, 4) is 0 Å². The summed E-state index contributed by atoms with van der Waals surface area (Å²) >= 11 is 1.74. The number of thioether (sulfide) groups is 1. The van der Waals surface area contributed by atoms with Crippen molar-refractivity contribution in [1.82, 2.24) is 5.43 Å². The summed E-state index contributed by atoms with van der Waals surface area (Å²) in [6.07, 6.45) is 0.973. The number of rotatable bonds is 6. The summed E-state index contributed by atoms with van der Waals surface area (Å²) in [5.74, 6) is 7.86. The van der Waals surface area contributed by atoms with Gasteiger partial charge >= 0.3 is 0 Å². The van der Waals surface area contributed by atoms with Crippen molar-refractivity contribution in [2.75, 3.05) is 5.75 Å². The minimum Gasteiger partial charge on any atom is -0.465 e. The molecule has 0 spiro atoms. The van der Waals surface area contributed by atoms with Crippen molar-refractivity contribution < 1.29 is 9.21 Å². The van der Waals surface area contributed by atoms with Crippen LogP contribution in [-0.2, 0) is 5.75 Å². The SMILES string of the molecule is Cc1oc(CSCCC(C)N)cc1C(=O)NN. The number of aryl methyl sites for hydroxylation is 1. The van der Waals surface area contributed by atoms with Gasteiger partial charge in [-0.05, 0) is 32.1 Å². The van der Waals surface area contributed by atoms with Gasteiger partial charge in [-0.15, -0.1) is 0 Å². The van der Waals surface area contributed by atoms with E-state index in [2.05, 4.69) is 5.43 Å². The Bertz CT molecular complexity index is 377. The predicted octanol–water partition coefficient (Wildman–Crippen LogP) is 1.16. The number of hydrazine groups is 1. The topological polar surface area (TPSA) is 94.3 Å². The molecule has 0 fully saturated rings. The van der Waals surface area contributed by atoms with Crippen LogP contribution in [0.15, 0.2) is 10.5 Å². The van der Waals surface area contributed by atoms with Gasteiger partial charge in [-0.2, -0.15) is 11.8 Å². The third-order valence-electron chi connectivity index (χ3n) is 2.31. The summed E-state index contributed by atoms with van der Waals surface area (Å²) in [6, 6.07) is 1.95. The van der Waals surface area contributed by atoms with E-state index in [4.69, 9.17) is 16.0 Å². The zero-order chi connectivity index (χ0) is 12.8. The van der Waals surface area contributed by atoms with E-state index in [1.54, 1.807) is 24.8 Å². The lowest BCUT2D eigenvalue weighted by atomic mass is 10.2. The Balaban J connectivity index is 2.47. The predicted molar refractivity (Wildman–Crippen MR) is 69.5 cm³/mol. The monoisotopic (exact) mass is 257 g/mol. The van der Waals surface area contributed by atoms with Crippen LogP contribution in [0.25, 0.3) is 0 Å². The maximum atomic E-state index is 11.3. The maximum absolute atomic E-state index is 11.3. The third kappa shape index (κ3) is 4.41. The average Bonchev–Trinajstić information content (AvgIpc) is 2.65. The molecule has 5 nitrogen and oxygen atoms in total. The Kier molecular flexibility index (Phi) is 5.54. The van der Waals surface area contributed by atoms with Gasteiger partial charge in [0.15, 0.2) is 0 Å². The second-order valence-corrected chi connectivity index (χ2v) is 5.08. The molecule has 1 heterocycles. The van der Waals surface area contributed by atoms with Crippen molar-refractivity contribution in [3.05, 3.63) is 23.2 Å². The van der Waals surface area contributed by atoms with Crippen molar-refractivity contribution in [1.29, 1.82) is 0 Å². The summed E-state index contributed by atoms with van der Waals surface area (Å²) < 4.78 is 5.48. The van der Waals surface area contributed by atoms with Crippen LogP contribution in [0.3, 0.4) is 0 Å². The molecule has 1 rings (SSSR count). The zero-order valence-corrected chi connectivity index (χ0v) is 11.0. The van der Waals surface area contributed by atoms with Crippen LogP contribution in [-0.4, -0.2) is 17.7 Å². The molecule has 1 unspecified atom stereocenters. The number of carbonyl (C=O) groups excluding carboxylic acids is 1. The molecular formula is C11H19N3O2S. The molecule has 0 aromatic carbocycles. The van der Waals surface area contributed by atoms with Crippen LogP contribution in [0.4, 0.5) is 0 Å². The van der Waals surface area contributed by atoms with Crippen LogP contribution in [0.2, 0.25) is 0 Å². The summed E-state index contributed by atoms with van der Waals surface area (Å²) in [5.41, 5.74) is 8.25. The first-order chi connectivity index (χ1) is 8.04. The Morgan fingerprint density at radius 3 is 2.94 bits per heavy atom. The number of carbonyl (C=O) groups is 1. The van der Waals surface area contributed by atoms with Gasteiger partial charge in [0.2, 0.25) is 0 Å². The quantitative estimate of drug-likeness (QED) is 0.308. The number of nitrogens with two attached hydrogens (primary N) is 2. The van der Waals surface area contributed by atoms with Gasteiger partial charge in [0.1, 0.15) is 11.5 Å². The minimum absolute atomic E-state index is 0.222. The van der Waals surface area contributed by atoms with Gasteiger partial charge in [-0.3, -0.25) is 10.2 Å². The molecule has 0 aliphatic heterocycles. The smallest absolute Gasteiger partial charge is 0.268 e. The maximum Gasteiger partial charge on any atom is 0.268 e. The molecule has 0 radical (unpaired) electrons. The fourth-order valence-electron chi connectivity index (χ4n) is 1.36. The average molecular weight is 257 g/mol. The third-order valence-corrected chi connectivity index (χ3v) is 3.32. The van der Waals surface area contributed by atoms with E-state index < -0.39 is 0 Å². The van der Waals surface area contributed by atoms with E-state index in [-0.39, 0.29) is 11.9 Å². The molecule has 1 aromatic heterocycles. The zero-order valence-electron chi connectivity index (χ0n) is 10.2. The van der Waals surface area contributed by atoms with Crippen LogP contribution in [0, 0.1) is 6.92 Å². The van der Waals surface area contributed by atoms with Gasteiger partial charge in [0.05, 0.1) is 11.3 Å². The fourth-order valence-corrected chi connectivity index (χ4v) is 2.39. The van der Waals surface area contributed by atoms with Crippen molar-refractivity contribution in [2.24, 2.45) is 11.6 Å². The molecule has 6 heteroatoms. The lowest BCUT2D eigenvalue weighted by Gasteiger charge is -2.02. The molecular weight excluding hydrogens is 238 g/mol. The largest absolute Gasteiger partial charge is 0.465 e. The Hall–Kier alpha value is -0.980. The van der Waals surface area contributed by atoms with E-state index >= 15 is 0 Å². The fraction of sp³-hybridized carbons (Fsp3) is 0.545. The highest BCUT2D eigenvalue weighted by Gasteiger charge is 2.13. The molecule has 96 valence electrons. The molecule has 1 aromatic rings. The van der Waals surface area contributed by atoms with E-state index in [9.17, 15) is 4.79 Å². The Morgan fingerprint density at radius 2 is 2.35 bits per heavy atom. The lowest BCUT2D eigenvalue weighted by Crippen LogP contribution is -2.30. The summed E-state index contributed by atoms with van der Waals surface area (Å²) in [6.45, 7) is 3.74. The number of hydrogen-bond donors (Lipinski definition) is 3. The van der Waals surface area contributed by atoms with E-state index in [1.807, 2.05) is 6.92 Å². The molecule has 1 amide bonds. The first-order valence-corrected chi connectivity index (χ1v) is 6.63. The van der Waals surface area contributed by atoms with Crippen LogP contribution in [0.5, 0.6) is 0 Å². The second-order valence-electron chi connectivity index (χ2n) is 3.97. The number of nitrogens with one attached hydrogen (secondary N) is 1. The lowest BCUT2D eigenvalue weighted by molar-refractivity contribution is 0.0952. The van der Waals surface area contributed by atoms with Crippen LogP contribution >= 0.6 is 11.8 Å². The summed E-state index contributed by atoms with van der Waals surface area (Å²) in [5, 5.41) is 0. The van der Waals surface area contributed by atoms with Crippen molar-refractivity contribution >= 4 is 17.7 Å². The molecule has 0 saturated heterocycles. The normalized spacial score (nSPS) is 12.5. The first-order valence-electron chi connectivity index (χ1n) is 5.48. The molecule has 0 aliphatic rings. The van der Waals surface area contributed by atoms with Gasteiger partial charge in [-0.1, -0.05) is 0 Å². The van der Waals surface area contributed by atoms with Crippen LogP contribution in [0.1, 0.15) is 35.2 Å². The molecule has 0 saturated carbocycles. The van der Waals surface area contributed by atoms with Gasteiger partial charge in [0.25, 0.3) is 5.91 Å². The van der Waals surface area contributed by atoms with Crippen molar-refractivity contribution in [3.63, 3.8) is 0 Å².